The van der Waals surface area contributed by atoms with Gasteiger partial charge in [-0.25, -0.2) is 0 Å². The van der Waals surface area contributed by atoms with Crippen molar-refractivity contribution in [2.24, 2.45) is 0 Å². The molecule has 4 rings (SSSR count). The Hall–Kier alpha value is -2.75. The number of nitrogens with zero attached hydrogens (tertiary/aromatic N) is 1. The van der Waals surface area contributed by atoms with E-state index in [9.17, 15) is 4.79 Å². The van der Waals surface area contributed by atoms with Crippen LogP contribution in [0.4, 0.5) is 0 Å². The van der Waals surface area contributed by atoms with Crippen LogP contribution >= 0.6 is 0 Å². The maximum Gasteiger partial charge on any atom is 0.253 e. The maximum atomic E-state index is 12.7. The molecule has 0 aliphatic carbocycles. The van der Waals surface area contributed by atoms with Crippen LogP contribution in [0.25, 0.3) is 10.9 Å². The number of ether oxygens (including phenoxy) is 1. The molecule has 0 saturated carbocycles. The molecule has 134 valence electrons. The number of aromatic nitrogens is 1. The SMILES string of the molecule is COc1ccc2[nH]c(C3CCN(C(=O)c4ccc(C)cc4)CC3)cc2c1. The number of H-pyrrole nitrogens is 1. The van der Waals surface area contributed by atoms with E-state index in [0.29, 0.717) is 5.92 Å². The number of amides is 1. The highest BCUT2D eigenvalue weighted by molar-refractivity contribution is 5.94. The molecule has 1 aliphatic heterocycles. The van der Waals surface area contributed by atoms with Gasteiger partial charge in [-0.2, -0.15) is 0 Å². The van der Waals surface area contributed by atoms with Crippen molar-refractivity contribution in [2.45, 2.75) is 25.7 Å². The minimum absolute atomic E-state index is 0.143. The Morgan fingerprint density at radius 1 is 1.08 bits per heavy atom. The van der Waals surface area contributed by atoms with E-state index in [-0.39, 0.29) is 5.91 Å². The van der Waals surface area contributed by atoms with Gasteiger partial charge in [0.25, 0.3) is 5.91 Å². The Balaban J connectivity index is 1.44. The summed E-state index contributed by atoms with van der Waals surface area (Å²) in [4.78, 5) is 18.2. The Labute approximate surface area is 153 Å². The van der Waals surface area contributed by atoms with Crippen molar-refractivity contribution in [1.29, 1.82) is 0 Å². The summed E-state index contributed by atoms with van der Waals surface area (Å²) in [7, 11) is 1.69. The van der Waals surface area contributed by atoms with Crippen molar-refractivity contribution < 1.29 is 9.53 Å². The van der Waals surface area contributed by atoms with E-state index in [0.717, 1.165) is 42.8 Å². The highest BCUT2D eigenvalue weighted by Gasteiger charge is 2.25. The molecule has 0 bridgehead atoms. The van der Waals surface area contributed by atoms with E-state index in [1.54, 1.807) is 7.11 Å². The molecular formula is C22H24N2O2. The lowest BCUT2D eigenvalue weighted by atomic mass is 9.93. The standard InChI is InChI=1S/C22H24N2O2/c1-15-3-5-17(6-4-15)22(25)24-11-9-16(10-12-24)21-14-18-13-19(26-2)7-8-20(18)23-21/h3-8,13-14,16,23H,9-12H2,1-2H3. The van der Waals surface area contributed by atoms with Crippen LogP contribution in [0, 0.1) is 6.92 Å². The monoisotopic (exact) mass is 348 g/mol. The summed E-state index contributed by atoms with van der Waals surface area (Å²) in [6, 6.07) is 16.2. The second-order valence-corrected chi connectivity index (χ2v) is 7.11. The molecule has 1 saturated heterocycles. The van der Waals surface area contributed by atoms with Gasteiger partial charge in [-0.15, -0.1) is 0 Å². The zero-order valence-electron chi connectivity index (χ0n) is 15.3. The van der Waals surface area contributed by atoms with Crippen LogP contribution in [0.1, 0.15) is 40.4 Å². The maximum absolute atomic E-state index is 12.7. The second-order valence-electron chi connectivity index (χ2n) is 7.11. The Kier molecular flexibility index (Phi) is 4.41. The van der Waals surface area contributed by atoms with E-state index in [2.05, 4.69) is 23.2 Å². The number of hydrogen-bond acceptors (Lipinski definition) is 2. The molecule has 1 aliphatic rings. The minimum Gasteiger partial charge on any atom is -0.497 e. The number of aryl methyl sites for hydroxylation is 1. The smallest absolute Gasteiger partial charge is 0.253 e. The number of likely N-dealkylation sites (tertiary alicyclic amines) is 1. The van der Waals surface area contributed by atoms with E-state index in [4.69, 9.17) is 4.74 Å². The molecule has 0 radical (unpaired) electrons. The van der Waals surface area contributed by atoms with Crippen molar-refractivity contribution in [3.8, 4) is 5.75 Å². The number of carbonyl (C=O) groups is 1. The summed E-state index contributed by atoms with van der Waals surface area (Å²) in [5.74, 6) is 1.49. The lowest BCUT2D eigenvalue weighted by Gasteiger charge is -2.31. The van der Waals surface area contributed by atoms with E-state index in [1.807, 2.05) is 42.2 Å². The van der Waals surface area contributed by atoms with E-state index < -0.39 is 0 Å². The first-order chi connectivity index (χ1) is 12.6. The lowest BCUT2D eigenvalue weighted by Crippen LogP contribution is -2.37. The molecular weight excluding hydrogens is 324 g/mol. The van der Waals surface area contributed by atoms with Crippen LogP contribution in [0.5, 0.6) is 5.75 Å². The third-order valence-corrected chi connectivity index (χ3v) is 5.37. The lowest BCUT2D eigenvalue weighted by molar-refractivity contribution is 0.0712. The summed E-state index contributed by atoms with van der Waals surface area (Å²) in [6.45, 7) is 3.64. The molecule has 4 heteroatoms. The van der Waals surface area contributed by atoms with Gasteiger partial charge in [-0.05, 0) is 56.2 Å². The molecule has 26 heavy (non-hydrogen) atoms. The van der Waals surface area contributed by atoms with Gasteiger partial charge in [-0.3, -0.25) is 4.79 Å². The third-order valence-electron chi connectivity index (χ3n) is 5.37. The fourth-order valence-corrected chi connectivity index (χ4v) is 3.75. The number of aromatic amines is 1. The van der Waals surface area contributed by atoms with Gasteiger partial charge < -0.3 is 14.6 Å². The molecule has 0 spiro atoms. The highest BCUT2D eigenvalue weighted by atomic mass is 16.5. The van der Waals surface area contributed by atoms with Crippen LogP contribution in [0.15, 0.2) is 48.5 Å². The van der Waals surface area contributed by atoms with Crippen LogP contribution in [-0.2, 0) is 0 Å². The minimum atomic E-state index is 0.143. The number of rotatable bonds is 3. The van der Waals surface area contributed by atoms with Crippen molar-refractivity contribution in [3.05, 3.63) is 65.4 Å². The summed E-state index contributed by atoms with van der Waals surface area (Å²) in [5, 5.41) is 1.18. The summed E-state index contributed by atoms with van der Waals surface area (Å²) < 4.78 is 5.31. The van der Waals surface area contributed by atoms with Crippen LogP contribution in [-0.4, -0.2) is 36.0 Å². The average Bonchev–Trinajstić information content (AvgIpc) is 3.11. The molecule has 1 fully saturated rings. The number of carbonyl (C=O) groups excluding carboxylic acids is 1. The van der Waals surface area contributed by atoms with Gasteiger partial charge in [0, 0.05) is 41.2 Å². The molecule has 0 unspecified atom stereocenters. The second kappa shape index (κ2) is 6.87. The number of nitrogens with one attached hydrogen (secondary N) is 1. The summed E-state index contributed by atoms with van der Waals surface area (Å²) >= 11 is 0. The number of piperidine rings is 1. The normalized spacial score (nSPS) is 15.4. The molecule has 1 amide bonds. The fourth-order valence-electron chi connectivity index (χ4n) is 3.75. The molecule has 2 aromatic carbocycles. The number of benzene rings is 2. The first kappa shape index (κ1) is 16.7. The Morgan fingerprint density at radius 2 is 1.81 bits per heavy atom. The molecule has 0 atom stereocenters. The van der Waals surface area contributed by atoms with Crippen molar-refractivity contribution >= 4 is 16.8 Å². The Bertz CT molecular complexity index is 919. The fraction of sp³-hybridized carbons (Fsp3) is 0.318. The van der Waals surface area contributed by atoms with E-state index in [1.165, 1.54) is 16.6 Å². The van der Waals surface area contributed by atoms with Gasteiger partial charge in [0.05, 0.1) is 7.11 Å². The van der Waals surface area contributed by atoms with Crippen molar-refractivity contribution in [1.82, 2.24) is 9.88 Å². The number of hydrogen-bond donors (Lipinski definition) is 1. The first-order valence-electron chi connectivity index (χ1n) is 9.16. The predicted octanol–water partition coefficient (Wildman–Crippen LogP) is 4.50. The van der Waals surface area contributed by atoms with E-state index >= 15 is 0 Å². The molecule has 1 N–H and O–H groups in total. The van der Waals surface area contributed by atoms with Crippen LogP contribution in [0.3, 0.4) is 0 Å². The average molecular weight is 348 g/mol. The Morgan fingerprint density at radius 3 is 2.50 bits per heavy atom. The largest absolute Gasteiger partial charge is 0.497 e. The van der Waals surface area contributed by atoms with Gasteiger partial charge in [0.2, 0.25) is 0 Å². The van der Waals surface area contributed by atoms with Crippen molar-refractivity contribution in [2.75, 3.05) is 20.2 Å². The zero-order chi connectivity index (χ0) is 18.1. The number of fused-ring (bicyclic) bond motifs is 1. The van der Waals surface area contributed by atoms with Crippen LogP contribution < -0.4 is 4.74 Å². The molecule has 3 aromatic rings. The van der Waals surface area contributed by atoms with Gasteiger partial charge in [0.1, 0.15) is 5.75 Å². The number of methoxy groups -OCH3 is 1. The molecule has 4 nitrogen and oxygen atoms in total. The van der Waals surface area contributed by atoms with Crippen molar-refractivity contribution in [3.63, 3.8) is 0 Å². The predicted molar refractivity (Wildman–Crippen MR) is 104 cm³/mol. The first-order valence-corrected chi connectivity index (χ1v) is 9.16. The zero-order valence-corrected chi connectivity index (χ0v) is 15.3. The topological polar surface area (TPSA) is 45.3 Å². The molecule has 1 aromatic heterocycles. The van der Waals surface area contributed by atoms with Gasteiger partial charge >= 0.3 is 0 Å². The third kappa shape index (κ3) is 3.19. The molecule has 2 heterocycles. The van der Waals surface area contributed by atoms with Gasteiger partial charge in [0.15, 0.2) is 0 Å². The van der Waals surface area contributed by atoms with Gasteiger partial charge in [-0.1, -0.05) is 17.7 Å². The highest BCUT2D eigenvalue weighted by Crippen LogP contribution is 2.31. The summed E-state index contributed by atoms with van der Waals surface area (Å²) in [5.41, 5.74) is 4.36. The van der Waals surface area contributed by atoms with Crippen LogP contribution in [0.2, 0.25) is 0 Å². The quantitative estimate of drug-likeness (QED) is 0.757. The summed E-state index contributed by atoms with van der Waals surface area (Å²) in [6.07, 6.45) is 1.98.